The minimum atomic E-state index is 0.197. The summed E-state index contributed by atoms with van der Waals surface area (Å²) in [6, 6.07) is 10.4. The number of para-hydroxylation sites is 1. The number of nitrogens with one attached hydrogen (secondary N) is 2. The molecule has 1 heterocycles. The molecule has 1 saturated heterocycles. The summed E-state index contributed by atoms with van der Waals surface area (Å²) in [6.45, 7) is 10.5. The number of anilines is 1. The van der Waals surface area contributed by atoms with Crippen LogP contribution in [0.1, 0.15) is 26.7 Å². The first-order valence-electron chi connectivity index (χ1n) is 10.7. The quantitative estimate of drug-likeness (QED) is 0.355. The van der Waals surface area contributed by atoms with E-state index >= 15 is 0 Å². The van der Waals surface area contributed by atoms with Crippen LogP contribution in [0, 0.1) is 5.92 Å². The van der Waals surface area contributed by atoms with Gasteiger partial charge in [-0.05, 0) is 24.5 Å². The van der Waals surface area contributed by atoms with E-state index in [0.29, 0.717) is 18.9 Å². The number of aliphatic imine (C=N–C) groups is 1. The van der Waals surface area contributed by atoms with E-state index < -0.39 is 0 Å². The van der Waals surface area contributed by atoms with Crippen molar-refractivity contribution in [1.29, 1.82) is 0 Å². The van der Waals surface area contributed by atoms with E-state index in [1.54, 1.807) is 7.05 Å². The van der Waals surface area contributed by atoms with Crippen molar-refractivity contribution in [1.82, 2.24) is 15.5 Å². The van der Waals surface area contributed by atoms with Crippen LogP contribution in [-0.4, -0.2) is 76.3 Å². The molecular weight excluding hydrogens is 366 g/mol. The molecule has 1 fully saturated rings. The zero-order valence-corrected chi connectivity index (χ0v) is 18.2. The van der Waals surface area contributed by atoms with Gasteiger partial charge in [-0.1, -0.05) is 32.0 Å². The number of amides is 1. The fourth-order valence-corrected chi connectivity index (χ4v) is 3.22. The first-order chi connectivity index (χ1) is 14.1. The summed E-state index contributed by atoms with van der Waals surface area (Å²) in [4.78, 5) is 21.0. The summed E-state index contributed by atoms with van der Waals surface area (Å²) < 4.78 is 5.57. The maximum atomic E-state index is 12.5. The van der Waals surface area contributed by atoms with Gasteiger partial charge in [-0.3, -0.25) is 9.79 Å². The lowest BCUT2D eigenvalue weighted by Crippen LogP contribution is -2.49. The van der Waals surface area contributed by atoms with Gasteiger partial charge in [0.1, 0.15) is 0 Å². The molecule has 7 heteroatoms. The summed E-state index contributed by atoms with van der Waals surface area (Å²) in [7, 11) is 1.75. The van der Waals surface area contributed by atoms with Gasteiger partial charge in [0.15, 0.2) is 5.96 Å². The second-order valence-corrected chi connectivity index (χ2v) is 7.70. The van der Waals surface area contributed by atoms with Gasteiger partial charge in [-0.2, -0.15) is 0 Å². The molecule has 0 aliphatic carbocycles. The van der Waals surface area contributed by atoms with E-state index in [2.05, 4.69) is 58.6 Å². The Morgan fingerprint density at radius 2 is 1.79 bits per heavy atom. The van der Waals surface area contributed by atoms with Gasteiger partial charge < -0.3 is 25.2 Å². The fourth-order valence-electron chi connectivity index (χ4n) is 3.22. The molecule has 1 amide bonds. The molecule has 0 unspecified atom stereocenters. The Hall–Kier alpha value is -2.28. The van der Waals surface area contributed by atoms with E-state index in [1.165, 1.54) is 5.69 Å². The highest BCUT2D eigenvalue weighted by atomic mass is 16.5. The maximum absolute atomic E-state index is 12.5. The molecule has 1 aromatic rings. The number of rotatable bonds is 10. The minimum absolute atomic E-state index is 0.197. The summed E-state index contributed by atoms with van der Waals surface area (Å²) >= 11 is 0. The van der Waals surface area contributed by atoms with E-state index in [1.807, 2.05) is 11.0 Å². The molecule has 1 aliphatic rings. The number of nitrogens with zero attached hydrogens (tertiary/aromatic N) is 3. The molecular formula is C22H37N5O2. The predicted molar refractivity (Wildman–Crippen MR) is 119 cm³/mol. The number of carbonyl (C=O) groups is 1. The van der Waals surface area contributed by atoms with Crippen molar-refractivity contribution in [2.45, 2.75) is 26.7 Å². The fraction of sp³-hybridized carbons (Fsp3) is 0.636. The van der Waals surface area contributed by atoms with Gasteiger partial charge in [0.2, 0.25) is 5.91 Å². The molecule has 2 rings (SSSR count). The highest BCUT2D eigenvalue weighted by Gasteiger charge is 2.20. The van der Waals surface area contributed by atoms with Crippen molar-refractivity contribution < 1.29 is 9.53 Å². The van der Waals surface area contributed by atoms with E-state index in [-0.39, 0.29) is 5.91 Å². The number of benzene rings is 1. The van der Waals surface area contributed by atoms with Crippen molar-refractivity contribution in [3.05, 3.63) is 30.3 Å². The lowest BCUT2D eigenvalue weighted by molar-refractivity contribution is -0.131. The summed E-state index contributed by atoms with van der Waals surface area (Å²) in [5.74, 6) is 1.49. The molecule has 0 atom stereocenters. The average molecular weight is 404 g/mol. The van der Waals surface area contributed by atoms with Crippen LogP contribution in [0.15, 0.2) is 35.3 Å². The van der Waals surface area contributed by atoms with Crippen molar-refractivity contribution in [3.8, 4) is 0 Å². The molecule has 0 aromatic heterocycles. The average Bonchev–Trinajstić information content (AvgIpc) is 2.75. The summed E-state index contributed by atoms with van der Waals surface area (Å²) in [5.41, 5.74) is 1.23. The minimum Gasteiger partial charge on any atom is -0.381 e. The first kappa shape index (κ1) is 23.0. The van der Waals surface area contributed by atoms with Gasteiger partial charge >= 0.3 is 0 Å². The standard InChI is InChI=1S/C22H37N5O2/c1-19(2)18-29-17-7-11-24-22(23-3)25-12-10-21(28)27-15-13-26(14-16-27)20-8-5-4-6-9-20/h4-6,8-9,19H,7,10-18H2,1-3H3,(H2,23,24,25). The molecule has 162 valence electrons. The van der Waals surface area contributed by atoms with Crippen LogP contribution in [0.3, 0.4) is 0 Å². The van der Waals surface area contributed by atoms with Crippen molar-refractivity contribution in [2.24, 2.45) is 10.9 Å². The Labute approximate surface area is 175 Å². The lowest BCUT2D eigenvalue weighted by Gasteiger charge is -2.36. The second kappa shape index (κ2) is 13.0. The monoisotopic (exact) mass is 403 g/mol. The van der Waals surface area contributed by atoms with E-state index in [9.17, 15) is 4.79 Å². The molecule has 0 bridgehead atoms. The molecule has 2 N–H and O–H groups in total. The van der Waals surface area contributed by atoms with Gasteiger partial charge in [0.05, 0.1) is 0 Å². The van der Waals surface area contributed by atoms with Crippen LogP contribution in [0.4, 0.5) is 5.69 Å². The van der Waals surface area contributed by atoms with E-state index in [0.717, 1.165) is 58.3 Å². The Balaban J connectivity index is 1.57. The van der Waals surface area contributed by atoms with E-state index in [4.69, 9.17) is 4.74 Å². The van der Waals surface area contributed by atoms with Crippen LogP contribution in [0.2, 0.25) is 0 Å². The first-order valence-corrected chi connectivity index (χ1v) is 10.7. The third-order valence-electron chi connectivity index (χ3n) is 4.82. The molecule has 0 radical (unpaired) electrons. The molecule has 1 aliphatic heterocycles. The SMILES string of the molecule is CN=C(NCCCOCC(C)C)NCCC(=O)N1CCN(c2ccccc2)CC1. The van der Waals surface area contributed by atoms with Gasteiger partial charge in [-0.25, -0.2) is 0 Å². The van der Waals surface area contributed by atoms with Crippen LogP contribution in [0.5, 0.6) is 0 Å². The zero-order chi connectivity index (χ0) is 20.9. The number of ether oxygens (including phenoxy) is 1. The molecule has 1 aromatic carbocycles. The summed E-state index contributed by atoms with van der Waals surface area (Å²) in [5, 5.41) is 6.49. The Kier molecular flexibility index (Phi) is 10.3. The second-order valence-electron chi connectivity index (χ2n) is 7.70. The Morgan fingerprint density at radius 1 is 1.10 bits per heavy atom. The Morgan fingerprint density at radius 3 is 2.45 bits per heavy atom. The molecule has 7 nitrogen and oxygen atoms in total. The molecule has 0 spiro atoms. The lowest BCUT2D eigenvalue weighted by atomic mass is 10.2. The van der Waals surface area contributed by atoms with Crippen LogP contribution in [0.25, 0.3) is 0 Å². The third kappa shape index (κ3) is 8.73. The summed E-state index contributed by atoms with van der Waals surface area (Å²) in [6.07, 6.45) is 1.40. The van der Waals surface area contributed by atoms with Crippen LogP contribution in [-0.2, 0) is 9.53 Å². The number of hydrogen-bond donors (Lipinski definition) is 2. The number of carbonyl (C=O) groups excluding carboxylic acids is 1. The van der Waals surface area contributed by atoms with Gasteiger partial charge in [-0.15, -0.1) is 0 Å². The van der Waals surface area contributed by atoms with Crippen molar-refractivity contribution >= 4 is 17.6 Å². The molecule has 0 saturated carbocycles. The number of hydrogen-bond acceptors (Lipinski definition) is 4. The van der Waals surface area contributed by atoms with Crippen LogP contribution < -0.4 is 15.5 Å². The van der Waals surface area contributed by atoms with Crippen LogP contribution >= 0.6 is 0 Å². The van der Waals surface area contributed by atoms with Gasteiger partial charge in [0.25, 0.3) is 0 Å². The van der Waals surface area contributed by atoms with Crippen molar-refractivity contribution in [3.63, 3.8) is 0 Å². The third-order valence-corrected chi connectivity index (χ3v) is 4.82. The highest BCUT2D eigenvalue weighted by molar-refractivity contribution is 5.81. The number of guanidine groups is 1. The topological polar surface area (TPSA) is 69.2 Å². The molecule has 29 heavy (non-hydrogen) atoms. The van der Waals surface area contributed by atoms with Crippen molar-refractivity contribution in [2.75, 3.05) is 64.4 Å². The predicted octanol–water partition coefficient (Wildman–Crippen LogP) is 1.95. The number of piperazine rings is 1. The Bertz CT molecular complexity index is 613. The maximum Gasteiger partial charge on any atom is 0.224 e. The zero-order valence-electron chi connectivity index (χ0n) is 18.2. The highest BCUT2D eigenvalue weighted by Crippen LogP contribution is 2.15. The smallest absolute Gasteiger partial charge is 0.224 e. The normalized spacial score (nSPS) is 15.0. The largest absolute Gasteiger partial charge is 0.381 e. The van der Waals surface area contributed by atoms with Gasteiger partial charge in [0, 0.05) is 71.6 Å².